The average Bonchev–Trinajstić information content (AvgIpc) is 2.66. The Morgan fingerprint density at radius 3 is 2.31 bits per heavy atom. The highest BCUT2D eigenvalue weighted by Crippen LogP contribution is 2.42. The van der Waals surface area contributed by atoms with Crippen molar-refractivity contribution in [2.75, 3.05) is 23.9 Å². The van der Waals surface area contributed by atoms with Crippen LogP contribution < -0.4 is 14.4 Å². The lowest BCUT2D eigenvalue weighted by Gasteiger charge is -2.38. The SMILES string of the molecule is CC1CN(CCC2Oc3ccccc3N(c3ccccc3)S2(=O)=O)CC(C)N1.Cl. The number of anilines is 2. The van der Waals surface area contributed by atoms with E-state index in [1.165, 1.54) is 4.31 Å². The summed E-state index contributed by atoms with van der Waals surface area (Å²) in [6.45, 7) is 6.82. The van der Waals surface area contributed by atoms with Gasteiger partial charge in [0.1, 0.15) is 5.75 Å². The molecular formula is C21H28ClN3O3S. The summed E-state index contributed by atoms with van der Waals surface area (Å²) in [7, 11) is -3.69. The normalized spacial score (nSPS) is 26.1. The quantitative estimate of drug-likeness (QED) is 0.794. The third-order valence-electron chi connectivity index (χ3n) is 5.23. The zero-order chi connectivity index (χ0) is 19.7. The Morgan fingerprint density at radius 2 is 1.62 bits per heavy atom. The second-order valence-electron chi connectivity index (χ2n) is 7.68. The molecule has 1 saturated heterocycles. The van der Waals surface area contributed by atoms with E-state index < -0.39 is 15.5 Å². The summed E-state index contributed by atoms with van der Waals surface area (Å²) in [6, 6.07) is 17.3. The van der Waals surface area contributed by atoms with Crippen LogP contribution in [0.15, 0.2) is 54.6 Å². The summed E-state index contributed by atoms with van der Waals surface area (Å²) >= 11 is 0. The molecule has 8 heteroatoms. The van der Waals surface area contributed by atoms with Crippen LogP contribution in [-0.4, -0.2) is 50.5 Å². The van der Waals surface area contributed by atoms with Crippen LogP contribution in [0.5, 0.6) is 5.75 Å². The minimum Gasteiger partial charge on any atom is -0.470 e. The summed E-state index contributed by atoms with van der Waals surface area (Å²) in [4.78, 5) is 2.32. The summed E-state index contributed by atoms with van der Waals surface area (Å²) in [5, 5.41) is 3.51. The van der Waals surface area contributed by atoms with Crippen LogP contribution in [-0.2, 0) is 10.0 Å². The fourth-order valence-corrected chi connectivity index (χ4v) is 5.85. The molecule has 1 N–H and O–H groups in total. The first-order chi connectivity index (χ1) is 13.4. The van der Waals surface area contributed by atoms with Gasteiger partial charge in [-0.2, -0.15) is 0 Å². The highest BCUT2D eigenvalue weighted by atomic mass is 35.5. The second-order valence-corrected chi connectivity index (χ2v) is 9.60. The largest absolute Gasteiger partial charge is 0.470 e. The van der Waals surface area contributed by atoms with E-state index in [9.17, 15) is 8.42 Å². The van der Waals surface area contributed by atoms with Crippen molar-refractivity contribution in [2.45, 2.75) is 37.8 Å². The number of nitrogens with zero attached hydrogens (tertiary/aromatic N) is 2. The van der Waals surface area contributed by atoms with Crippen LogP contribution >= 0.6 is 12.4 Å². The minimum absolute atomic E-state index is 0. The number of fused-ring (bicyclic) bond motifs is 1. The smallest absolute Gasteiger partial charge is 0.278 e. The Bertz CT molecular complexity index is 916. The number of halogens is 1. The zero-order valence-electron chi connectivity index (χ0n) is 16.7. The van der Waals surface area contributed by atoms with Crippen molar-refractivity contribution in [2.24, 2.45) is 0 Å². The van der Waals surface area contributed by atoms with E-state index in [0.717, 1.165) is 13.1 Å². The standard InChI is InChI=1S/C21H27N3O3S.ClH/c1-16-14-23(15-17(2)22-16)13-12-21-27-20-11-7-6-10-19(20)24(28(21,25)26)18-8-4-3-5-9-18;/h3-11,16-17,21-22H,12-15H2,1-2H3;1H. The molecule has 0 aliphatic carbocycles. The van der Waals surface area contributed by atoms with E-state index in [2.05, 4.69) is 24.1 Å². The molecule has 158 valence electrons. The number of para-hydroxylation sites is 3. The van der Waals surface area contributed by atoms with Crippen LogP contribution in [0.3, 0.4) is 0 Å². The molecule has 2 aromatic rings. The van der Waals surface area contributed by atoms with E-state index in [4.69, 9.17) is 4.74 Å². The van der Waals surface area contributed by atoms with Crippen molar-refractivity contribution < 1.29 is 13.2 Å². The molecule has 6 nitrogen and oxygen atoms in total. The van der Waals surface area contributed by atoms with Crippen LogP contribution in [0.1, 0.15) is 20.3 Å². The predicted octanol–water partition coefficient (Wildman–Crippen LogP) is 3.37. The van der Waals surface area contributed by atoms with Gasteiger partial charge in [-0.3, -0.25) is 0 Å². The molecule has 2 heterocycles. The molecule has 0 bridgehead atoms. The van der Waals surface area contributed by atoms with Crippen molar-refractivity contribution in [3.8, 4) is 5.75 Å². The van der Waals surface area contributed by atoms with Gasteiger partial charge in [0.2, 0.25) is 5.44 Å². The number of piperazine rings is 1. The monoisotopic (exact) mass is 437 g/mol. The first-order valence-corrected chi connectivity index (χ1v) is 11.3. The summed E-state index contributed by atoms with van der Waals surface area (Å²) in [5.74, 6) is 0.605. The van der Waals surface area contributed by atoms with Crippen molar-refractivity contribution in [1.82, 2.24) is 10.2 Å². The number of hydrogen-bond donors (Lipinski definition) is 1. The molecule has 0 radical (unpaired) electrons. The molecule has 0 aromatic heterocycles. The van der Waals surface area contributed by atoms with Crippen molar-refractivity contribution in [1.29, 1.82) is 0 Å². The van der Waals surface area contributed by atoms with Gasteiger partial charge >= 0.3 is 0 Å². The van der Waals surface area contributed by atoms with Gasteiger partial charge in [0, 0.05) is 38.1 Å². The maximum atomic E-state index is 13.4. The number of benzene rings is 2. The number of hydrogen-bond acceptors (Lipinski definition) is 5. The highest BCUT2D eigenvalue weighted by molar-refractivity contribution is 7.93. The molecule has 29 heavy (non-hydrogen) atoms. The second kappa shape index (κ2) is 8.92. The number of sulfonamides is 1. The van der Waals surface area contributed by atoms with E-state index in [1.54, 1.807) is 6.07 Å². The predicted molar refractivity (Wildman–Crippen MR) is 119 cm³/mol. The summed E-state index contributed by atoms with van der Waals surface area (Å²) in [6.07, 6.45) is 0.430. The molecule has 3 atom stereocenters. The third kappa shape index (κ3) is 4.53. The van der Waals surface area contributed by atoms with Gasteiger partial charge in [-0.1, -0.05) is 30.3 Å². The molecule has 1 fully saturated rings. The van der Waals surface area contributed by atoms with Gasteiger partial charge in [0.15, 0.2) is 0 Å². The minimum atomic E-state index is -3.69. The Kier molecular flexibility index (Phi) is 6.73. The first-order valence-electron chi connectivity index (χ1n) is 9.78. The molecule has 3 unspecified atom stereocenters. The van der Waals surface area contributed by atoms with Crippen molar-refractivity contribution in [3.05, 3.63) is 54.6 Å². The maximum Gasteiger partial charge on any atom is 0.278 e. The van der Waals surface area contributed by atoms with Gasteiger partial charge in [-0.25, -0.2) is 12.7 Å². The zero-order valence-corrected chi connectivity index (χ0v) is 18.3. The molecule has 2 aromatic carbocycles. The van der Waals surface area contributed by atoms with Gasteiger partial charge in [0.05, 0.1) is 11.4 Å². The maximum absolute atomic E-state index is 13.4. The molecule has 0 saturated carbocycles. The van der Waals surface area contributed by atoms with E-state index in [1.807, 2.05) is 48.5 Å². The third-order valence-corrected chi connectivity index (χ3v) is 7.15. The number of ether oxygens (including phenoxy) is 1. The van der Waals surface area contributed by atoms with E-state index in [0.29, 0.717) is 42.2 Å². The average molecular weight is 438 g/mol. The van der Waals surface area contributed by atoms with E-state index >= 15 is 0 Å². The van der Waals surface area contributed by atoms with Crippen LogP contribution in [0, 0.1) is 0 Å². The molecule has 2 aliphatic rings. The van der Waals surface area contributed by atoms with Gasteiger partial charge in [-0.05, 0) is 38.1 Å². The Hall–Kier alpha value is -1.80. The first kappa shape index (κ1) is 21.9. The lowest BCUT2D eigenvalue weighted by Crippen LogP contribution is -2.55. The fraction of sp³-hybridized carbons (Fsp3) is 0.429. The van der Waals surface area contributed by atoms with Crippen LogP contribution in [0.25, 0.3) is 0 Å². The lowest BCUT2D eigenvalue weighted by molar-refractivity contribution is 0.153. The highest BCUT2D eigenvalue weighted by Gasteiger charge is 2.41. The van der Waals surface area contributed by atoms with E-state index in [-0.39, 0.29) is 12.4 Å². The molecule has 4 rings (SSSR count). The fourth-order valence-electron chi connectivity index (χ4n) is 4.15. The molecule has 0 spiro atoms. The van der Waals surface area contributed by atoms with Crippen molar-refractivity contribution in [3.63, 3.8) is 0 Å². The van der Waals surface area contributed by atoms with Gasteiger partial charge < -0.3 is 15.0 Å². The van der Waals surface area contributed by atoms with Crippen LogP contribution in [0.2, 0.25) is 0 Å². The summed E-state index contributed by atoms with van der Waals surface area (Å²) < 4.78 is 34.3. The summed E-state index contributed by atoms with van der Waals surface area (Å²) in [5.41, 5.74) is 0.296. The lowest BCUT2D eigenvalue weighted by atomic mass is 10.1. The Labute approximate surface area is 179 Å². The molecule has 2 aliphatic heterocycles. The Balaban J connectivity index is 0.00000240. The molecular weight excluding hydrogens is 410 g/mol. The van der Waals surface area contributed by atoms with Crippen molar-refractivity contribution >= 4 is 33.8 Å². The topological polar surface area (TPSA) is 61.9 Å². The number of rotatable bonds is 4. The van der Waals surface area contributed by atoms with Crippen LogP contribution in [0.4, 0.5) is 11.4 Å². The van der Waals surface area contributed by atoms with Gasteiger partial charge in [0.25, 0.3) is 10.0 Å². The molecule has 0 amide bonds. The number of nitrogens with one attached hydrogen (secondary N) is 1. The van der Waals surface area contributed by atoms with Gasteiger partial charge in [-0.15, -0.1) is 12.4 Å². The Morgan fingerprint density at radius 1 is 1.00 bits per heavy atom.